The van der Waals surface area contributed by atoms with Crippen LogP contribution in [0.1, 0.15) is 350 Å². The highest BCUT2D eigenvalue weighted by Gasteiger charge is 2.80. The minimum absolute atomic E-state index is 0.00427. The van der Waals surface area contributed by atoms with Gasteiger partial charge >= 0.3 is 17.9 Å². The second-order valence-electron chi connectivity index (χ2n) is 31.3. The zero-order chi connectivity index (χ0) is 69.9. The highest BCUT2D eigenvalue weighted by molar-refractivity contribution is 6.01. The smallest absolute Gasteiger partial charge is 0.306 e. The maximum Gasteiger partial charge on any atom is 0.306 e. The van der Waals surface area contributed by atoms with Gasteiger partial charge in [0.05, 0.1) is 18.8 Å². The molecule has 3 saturated carbocycles. The predicted molar refractivity (Wildman–Crippen MR) is 383 cm³/mol. The van der Waals surface area contributed by atoms with Crippen LogP contribution >= 0.6 is 0 Å². The number of amides is 1. The number of esters is 3. The largest absolute Gasteiger partial charge is 0.466 e. The molecule has 1 saturated heterocycles. The Morgan fingerprint density at radius 3 is 1.64 bits per heavy atom. The number of alkyl halides is 1. The molecule has 0 aromatic heterocycles. The van der Waals surface area contributed by atoms with Gasteiger partial charge < -0.3 is 38.6 Å². The third-order valence-corrected chi connectivity index (χ3v) is 22.9. The second kappa shape index (κ2) is 44.0. The fourth-order valence-corrected chi connectivity index (χ4v) is 17.4. The normalized spacial score (nSPS) is 25.1. The van der Waals surface area contributed by atoms with E-state index in [1.54, 1.807) is 26.8 Å². The van der Waals surface area contributed by atoms with Gasteiger partial charge in [0.2, 0.25) is 11.7 Å². The van der Waals surface area contributed by atoms with Gasteiger partial charge in [-0.3, -0.25) is 28.8 Å². The molecule has 9 atom stereocenters. The summed E-state index contributed by atoms with van der Waals surface area (Å²) in [5, 5.41) is 12.1. The minimum Gasteiger partial charge on any atom is -0.466 e. The molecule has 9 unspecified atom stereocenters. The van der Waals surface area contributed by atoms with E-state index in [2.05, 4.69) is 25.7 Å². The van der Waals surface area contributed by atoms with Gasteiger partial charge in [0, 0.05) is 55.0 Å². The lowest BCUT2D eigenvalue weighted by atomic mass is 9.44. The Kier molecular flexibility index (Phi) is 38.1. The van der Waals surface area contributed by atoms with Crippen molar-refractivity contribution in [3.63, 3.8) is 0 Å². The van der Waals surface area contributed by atoms with Crippen molar-refractivity contribution in [2.24, 2.45) is 22.7 Å². The lowest BCUT2D eigenvalue weighted by Gasteiger charge is -2.62. The molecule has 1 N–H and O–H groups in total. The van der Waals surface area contributed by atoms with Crippen molar-refractivity contribution in [3.8, 4) is 0 Å². The number of ether oxygens (including phenoxy) is 5. The molecule has 14 nitrogen and oxygen atoms in total. The molecular formula is C81H139FN2O12. The number of halogens is 1. The number of allylic oxidation sites excluding steroid dienone is 4. The summed E-state index contributed by atoms with van der Waals surface area (Å²) in [6, 6.07) is -0.265. The molecule has 96 heavy (non-hydrogen) atoms. The highest BCUT2D eigenvalue weighted by Crippen LogP contribution is 2.72. The summed E-state index contributed by atoms with van der Waals surface area (Å²) in [6.07, 6.45) is 46.5. The van der Waals surface area contributed by atoms with Crippen LogP contribution in [0.3, 0.4) is 0 Å². The number of aliphatic hydroxyl groups excluding tert-OH is 1. The van der Waals surface area contributed by atoms with Crippen LogP contribution in [0.2, 0.25) is 0 Å². The average molecular weight is 1350 g/mol. The Hall–Kier alpha value is -3.53. The van der Waals surface area contributed by atoms with E-state index in [9.17, 15) is 33.9 Å². The molecule has 5 aliphatic rings. The van der Waals surface area contributed by atoms with Gasteiger partial charge in [0.25, 0.3) is 0 Å². The zero-order valence-corrected chi connectivity index (χ0v) is 62.5. The lowest BCUT2D eigenvalue weighted by Crippen LogP contribution is -2.70. The van der Waals surface area contributed by atoms with E-state index < -0.39 is 70.3 Å². The molecule has 0 aromatic carbocycles. The molecular weight excluding hydrogens is 1210 g/mol. The minimum atomic E-state index is -2.11. The SMILES string of the molecule is CCCCCCCCCCCCCCOC(=O)CCCC(CCCC(=O)OC(CCCCCCCCCCC)CCCCCCCCCCC)N(CCCCC(=O)OCC(=O)C12OC(C)(C)OC1CC1C3CCC4=CC(=O)C=CC4(C)C3(F)C(O)CC12C)C(=O)CCCN(C)C. The van der Waals surface area contributed by atoms with E-state index >= 15 is 4.39 Å². The first kappa shape index (κ1) is 83.1. The molecule has 0 spiro atoms. The maximum absolute atomic E-state index is 18.1. The first-order chi connectivity index (χ1) is 46.1. The number of unbranched alkanes of at least 4 members (excludes halogenated alkanes) is 28. The molecule has 4 fully saturated rings. The van der Waals surface area contributed by atoms with Crippen LogP contribution in [-0.2, 0) is 52.5 Å². The molecule has 5 rings (SSSR count). The van der Waals surface area contributed by atoms with Gasteiger partial charge in [-0.15, -0.1) is 0 Å². The summed E-state index contributed by atoms with van der Waals surface area (Å²) < 4.78 is 49.2. The number of Topliss-reactive ketones (excluding diaryl/α,β-unsaturated/α-hetero) is 1. The summed E-state index contributed by atoms with van der Waals surface area (Å²) in [5.41, 5.74) is -5.34. The summed E-state index contributed by atoms with van der Waals surface area (Å²) in [5.74, 6) is -3.94. The van der Waals surface area contributed by atoms with Gasteiger partial charge in [-0.1, -0.05) is 213 Å². The van der Waals surface area contributed by atoms with E-state index in [1.807, 2.05) is 25.9 Å². The Morgan fingerprint density at radius 2 is 1.09 bits per heavy atom. The number of nitrogens with zero attached hydrogens (tertiary/aromatic N) is 2. The van der Waals surface area contributed by atoms with Crippen LogP contribution in [0, 0.1) is 22.7 Å². The number of fused-ring (bicyclic) bond motifs is 7. The van der Waals surface area contributed by atoms with Gasteiger partial charge in [-0.2, -0.15) is 0 Å². The van der Waals surface area contributed by atoms with E-state index in [-0.39, 0.29) is 61.5 Å². The van der Waals surface area contributed by atoms with E-state index in [0.717, 1.165) is 64.3 Å². The molecule has 15 heteroatoms. The van der Waals surface area contributed by atoms with Gasteiger partial charge in [0.1, 0.15) is 6.10 Å². The van der Waals surface area contributed by atoms with E-state index in [1.165, 1.54) is 160 Å². The van der Waals surface area contributed by atoms with Crippen LogP contribution in [0.25, 0.3) is 0 Å². The van der Waals surface area contributed by atoms with Crippen molar-refractivity contribution in [2.75, 3.05) is 40.4 Å². The number of hydrogen-bond acceptors (Lipinski definition) is 13. The number of aliphatic hydroxyl groups is 1. The van der Waals surface area contributed by atoms with Crippen LogP contribution in [-0.4, -0.2) is 132 Å². The number of carbonyl (C=O) groups is 6. The Labute approximate surface area is 583 Å². The average Bonchev–Trinajstić information content (AvgIpc) is 1.43. The van der Waals surface area contributed by atoms with Gasteiger partial charge in [0.15, 0.2) is 29.4 Å². The maximum atomic E-state index is 18.1. The molecule has 0 bridgehead atoms. The summed E-state index contributed by atoms with van der Waals surface area (Å²) in [4.78, 5) is 86.8. The highest BCUT2D eigenvalue weighted by atomic mass is 19.1. The number of rotatable bonds is 55. The van der Waals surface area contributed by atoms with Crippen molar-refractivity contribution >= 4 is 35.4 Å². The fraction of sp³-hybridized carbons (Fsp3) is 0.877. The molecule has 1 heterocycles. The van der Waals surface area contributed by atoms with Crippen molar-refractivity contribution in [3.05, 3.63) is 23.8 Å². The van der Waals surface area contributed by atoms with Crippen molar-refractivity contribution in [1.82, 2.24) is 9.80 Å². The molecule has 552 valence electrons. The molecule has 0 radical (unpaired) electrons. The number of ketones is 2. The zero-order valence-electron chi connectivity index (χ0n) is 62.5. The molecule has 1 amide bonds. The summed E-state index contributed by atoms with van der Waals surface area (Å²) in [7, 11) is 3.98. The van der Waals surface area contributed by atoms with Crippen LogP contribution in [0.15, 0.2) is 23.8 Å². The van der Waals surface area contributed by atoms with Crippen molar-refractivity contribution in [2.45, 2.75) is 392 Å². The van der Waals surface area contributed by atoms with Crippen molar-refractivity contribution < 1.29 is 61.9 Å². The fourth-order valence-electron chi connectivity index (χ4n) is 17.4. The standard InChI is InChI=1S/C81H139FN2O12/c1-10-13-16-19-22-25-26-27-30-33-36-41-59-92-74(89)51-42-45-65(46-43-52-76(91)94-67(47-37-34-31-28-23-20-17-14-11-2)48-38-35-32-29-24-21-18-15-12-3)84(73(88)49-44-57-83(8)9)58-40-39-50-75(90)93-63-71(87)81-72(95-77(4,5)96-81)61-69-68-54-53-64-60-66(85)55-56-78(64,6)80(68,82)70(86)62-79(69,81)7/h55-56,60,65,67-70,72,86H,10-54,57-59,61-63H2,1-9H3. The van der Waals surface area contributed by atoms with Crippen LogP contribution in [0.4, 0.5) is 4.39 Å². The quantitative estimate of drug-likeness (QED) is 0.0346. The van der Waals surface area contributed by atoms with Gasteiger partial charge in [-0.25, -0.2) is 4.39 Å². The van der Waals surface area contributed by atoms with E-state index in [4.69, 9.17) is 23.7 Å². The predicted octanol–water partition coefficient (Wildman–Crippen LogP) is 19.0. The van der Waals surface area contributed by atoms with Crippen molar-refractivity contribution in [1.29, 1.82) is 0 Å². The number of hydrogen-bond donors (Lipinski definition) is 1. The second-order valence-corrected chi connectivity index (χ2v) is 31.3. The Balaban J connectivity index is 1.21. The molecule has 0 aromatic rings. The third kappa shape index (κ3) is 25.5. The monoisotopic (exact) mass is 1350 g/mol. The molecule has 1 aliphatic heterocycles. The number of carbonyl (C=O) groups excluding carboxylic acids is 6. The van der Waals surface area contributed by atoms with Crippen LogP contribution in [0.5, 0.6) is 0 Å². The van der Waals surface area contributed by atoms with Gasteiger partial charge in [-0.05, 0) is 162 Å². The summed E-state index contributed by atoms with van der Waals surface area (Å²) in [6.45, 7) is 14.8. The Bertz CT molecular complexity index is 2340. The third-order valence-electron chi connectivity index (χ3n) is 22.9. The topological polar surface area (TPSA) is 175 Å². The van der Waals surface area contributed by atoms with Crippen LogP contribution < -0.4 is 0 Å². The lowest BCUT2D eigenvalue weighted by molar-refractivity contribution is -0.246. The summed E-state index contributed by atoms with van der Waals surface area (Å²) >= 11 is 0. The first-order valence-electron chi connectivity index (χ1n) is 39.8. The Morgan fingerprint density at radius 1 is 0.594 bits per heavy atom. The molecule has 4 aliphatic carbocycles. The van der Waals surface area contributed by atoms with E-state index in [0.29, 0.717) is 89.4 Å². The first-order valence-corrected chi connectivity index (χ1v) is 39.8.